The van der Waals surface area contributed by atoms with Gasteiger partial charge in [-0.25, -0.2) is 0 Å². The fourth-order valence-corrected chi connectivity index (χ4v) is 1.68. The molecule has 0 spiro atoms. The van der Waals surface area contributed by atoms with Gasteiger partial charge in [-0.1, -0.05) is 0 Å². The molecule has 0 aliphatic carbocycles. The third-order valence-corrected chi connectivity index (χ3v) is 2.36. The smallest absolute Gasteiger partial charge is 0.192 e. The molecule has 0 bridgehead atoms. The Kier molecular flexibility index (Phi) is 1.31. The molecule has 1 N–H and O–H groups in total. The van der Waals surface area contributed by atoms with Gasteiger partial charge in [-0.15, -0.1) is 0 Å². The number of benzene rings is 1. The maximum Gasteiger partial charge on any atom is 0.192 e. The number of hydrogen-bond donors (Lipinski definition) is 1. The summed E-state index contributed by atoms with van der Waals surface area (Å²) in [5.74, 6) is 0. The number of hydrogen-bond acceptors (Lipinski definition) is 2. The van der Waals surface area contributed by atoms with Crippen LogP contribution in [0.5, 0.6) is 0 Å². The van der Waals surface area contributed by atoms with E-state index in [4.69, 9.17) is 4.42 Å². The van der Waals surface area contributed by atoms with Gasteiger partial charge in [-0.05, 0) is 18.2 Å². The van der Waals surface area contributed by atoms with E-state index >= 15 is 0 Å². The fourth-order valence-electron chi connectivity index (χ4n) is 1.68. The van der Waals surface area contributed by atoms with E-state index in [1.54, 1.807) is 6.07 Å². The van der Waals surface area contributed by atoms with Crippen molar-refractivity contribution in [2.45, 2.75) is 0 Å². The van der Waals surface area contributed by atoms with Crippen LogP contribution in [-0.2, 0) is 0 Å². The molecule has 3 nitrogen and oxygen atoms in total. The van der Waals surface area contributed by atoms with Crippen LogP contribution in [0.2, 0.25) is 0 Å². The van der Waals surface area contributed by atoms with Crippen molar-refractivity contribution in [1.82, 2.24) is 4.98 Å². The summed E-state index contributed by atoms with van der Waals surface area (Å²) in [4.78, 5) is 14.5. The topological polar surface area (TPSA) is 46.0 Å². The minimum absolute atomic E-state index is 0.00523. The Morgan fingerprint density at radius 3 is 2.93 bits per heavy atom. The van der Waals surface area contributed by atoms with Gasteiger partial charge in [0.15, 0.2) is 5.43 Å². The first-order chi connectivity index (χ1) is 6.86. The number of rotatable bonds is 0. The van der Waals surface area contributed by atoms with E-state index in [9.17, 15) is 4.79 Å². The number of aromatic amines is 1. The highest BCUT2D eigenvalue weighted by atomic mass is 16.3. The molecule has 0 aliphatic heterocycles. The molecule has 0 fully saturated rings. The van der Waals surface area contributed by atoms with Crippen LogP contribution in [0.1, 0.15) is 0 Å². The summed E-state index contributed by atoms with van der Waals surface area (Å²) in [5.41, 5.74) is 1.62. The molecule has 3 rings (SSSR count). The van der Waals surface area contributed by atoms with Crippen LogP contribution >= 0.6 is 0 Å². The van der Waals surface area contributed by atoms with Crippen LogP contribution in [0.15, 0.2) is 45.9 Å². The SMILES string of the molecule is O=c1ccoc2c1ccc1[nH]ccc12. The maximum absolute atomic E-state index is 11.5. The molecule has 14 heavy (non-hydrogen) atoms. The van der Waals surface area contributed by atoms with E-state index in [1.165, 1.54) is 12.3 Å². The summed E-state index contributed by atoms with van der Waals surface area (Å²) in [6, 6.07) is 7.00. The van der Waals surface area contributed by atoms with Gasteiger partial charge >= 0.3 is 0 Å². The molecular weight excluding hydrogens is 178 g/mol. The van der Waals surface area contributed by atoms with E-state index in [1.807, 2.05) is 18.3 Å². The van der Waals surface area contributed by atoms with Gasteiger partial charge in [0, 0.05) is 23.2 Å². The lowest BCUT2D eigenvalue weighted by Gasteiger charge is -1.96. The number of aromatic nitrogens is 1. The first-order valence-corrected chi connectivity index (χ1v) is 4.34. The molecule has 0 saturated carbocycles. The molecular formula is C11H7NO2. The second-order valence-corrected chi connectivity index (χ2v) is 3.17. The Hall–Kier alpha value is -2.03. The van der Waals surface area contributed by atoms with Gasteiger partial charge in [0.1, 0.15) is 5.58 Å². The molecule has 2 aromatic heterocycles. The summed E-state index contributed by atoms with van der Waals surface area (Å²) in [7, 11) is 0. The van der Waals surface area contributed by atoms with Crippen molar-refractivity contribution in [2.24, 2.45) is 0 Å². The number of H-pyrrole nitrogens is 1. The first-order valence-electron chi connectivity index (χ1n) is 4.34. The van der Waals surface area contributed by atoms with Crippen molar-refractivity contribution < 1.29 is 4.42 Å². The highest BCUT2D eigenvalue weighted by Gasteiger charge is 2.04. The Balaban J connectivity index is 2.71. The van der Waals surface area contributed by atoms with Crippen LogP contribution in [0.3, 0.4) is 0 Å². The van der Waals surface area contributed by atoms with Crippen LogP contribution in [0, 0.1) is 0 Å². The zero-order valence-corrected chi connectivity index (χ0v) is 7.28. The van der Waals surface area contributed by atoms with E-state index in [0.29, 0.717) is 11.0 Å². The van der Waals surface area contributed by atoms with E-state index in [2.05, 4.69) is 4.98 Å². The average molecular weight is 185 g/mol. The standard InChI is InChI=1S/C11H7NO2/c13-10-4-6-14-11-7-3-5-12-9(7)2-1-8(10)11/h1-6,12H. The third-order valence-electron chi connectivity index (χ3n) is 2.36. The van der Waals surface area contributed by atoms with Crippen LogP contribution in [0.4, 0.5) is 0 Å². The number of nitrogens with one attached hydrogen (secondary N) is 1. The summed E-state index contributed by atoms with van der Waals surface area (Å²) in [6.45, 7) is 0. The fraction of sp³-hybridized carbons (Fsp3) is 0. The van der Waals surface area contributed by atoms with Gasteiger partial charge < -0.3 is 9.40 Å². The van der Waals surface area contributed by atoms with Gasteiger partial charge in [-0.3, -0.25) is 4.79 Å². The normalized spacial score (nSPS) is 11.1. The van der Waals surface area contributed by atoms with Crippen molar-refractivity contribution in [1.29, 1.82) is 0 Å². The Morgan fingerprint density at radius 1 is 1.07 bits per heavy atom. The largest absolute Gasteiger partial charge is 0.463 e. The summed E-state index contributed by atoms with van der Waals surface area (Å²) in [6.07, 6.45) is 3.26. The molecule has 0 aliphatic rings. The van der Waals surface area contributed by atoms with Gasteiger partial charge in [0.25, 0.3) is 0 Å². The quantitative estimate of drug-likeness (QED) is 0.584. The van der Waals surface area contributed by atoms with Crippen molar-refractivity contribution >= 4 is 21.9 Å². The molecule has 0 atom stereocenters. The van der Waals surface area contributed by atoms with Crippen molar-refractivity contribution in [3.63, 3.8) is 0 Å². The lowest BCUT2D eigenvalue weighted by atomic mass is 10.1. The lowest BCUT2D eigenvalue weighted by Crippen LogP contribution is -1.97. The molecule has 0 unspecified atom stereocenters. The monoisotopic (exact) mass is 185 g/mol. The highest BCUT2D eigenvalue weighted by Crippen LogP contribution is 2.21. The van der Waals surface area contributed by atoms with Gasteiger partial charge in [-0.2, -0.15) is 0 Å². The Labute approximate surface area is 79.0 Å². The lowest BCUT2D eigenvalue weighted by molar-refractivity contribution is 0.606. The van der Waals surface area contributed by atoms with Crippen molar-refractivity contribution in [2.75, 3.05) is 0 Å². The molecule has 3 aromatic rings. The molecule has 0 radical (unpaired) electrons. The second-order valence-electron chi connectivity index (χ2n) is 3.17. The van der Waals surface area contributed by atoms with E-state index in [-0.39, 0.29) is 5.43 Å². The van der Waals surface area contributed by atoms with Crippen LogP contribution in [0.25, 0.3) is 21.9 Å². The molecule has 0 amide bonds. The first kappa shape index (κ1) is 7.38. The molecule has 3 heteroatoms. The summed E-state index contributed by atoms with van der Waals surface area (Å²) >= 11 is 0. The molecule has 68 valence electrons. The van der Waals surface area contributed by atoms with Crippen LogP contribution in [-0.4, -0.2) is 4.98 Å². The minimum atomic E-state index is -0.00523. The maximum atomic E-state index is 11.5. The summed E-state index contributed by atoms with van der Waals surface area (Å²) in [5, 5.41) is 1.57. The van der Waals surface area contributed by atoms with Gasteiger partial charge in [0.2, 0.25) is 0 Å². The molecule has 1 aromatic carbocycles. The minimum Gasteiger partial charge on any atom is -0.463 e. The summed E-state index contributed by atoms with van der Waals surface area (Å²) < 4.78 is 5.34. The molecule has 0 saturated heterocycles. The highest BCUT2D eigenvalue weighted by molar-refractivity contribution is 6.02. The van der Waals surface area contributed by atoms with Crippen LogP contribution < -0.4 is 5.43 Å². The van der Waals surface area contributed by atoms with Gasteiger partial charge in [0.05, 0.1) is 11.6 Å². The van der Waals surface area contributed by atoms with Crippen molar-refractivity contribution in [3.05, 3.63) is 46.9 Å². The van der Waals surface area contributed by atoms with E-state index < -0.39 is 0 Å². The Bertz CT molecular complexity index is 663. The zero-order valence-electron chi connectivity index (χ0n) is 7.28. The Morgan fingerprint density at radius 2 is 2.00 bits per heavy atom. The molecule has 2 heterocycles. The van der Waals surface area contributed by atoms with Crippen molar-refractivity contribution in [3.8, 4) is 0 Å². The predicted molar refractivity (Wildman–Crippen MR) is 54.3 cm³/mol. The zero-order chi connectivity index (χ0) is 9.54. The number of fused-ring (bicyclic) bond motifs is 3. The van der Waals surface area contributed by atoms with E-state index in [0.717, 1.165) is 10.9 Å². The second kappa shape index (κ2) is 2.48. The third kappa shape index (κ3) is 0.836. The average Bonchev–Trinajstić information content (AvgIpc) is 2.66. The predicted octanol–water partition coefficient (Wildman–Crippen LogP) is 2.27.